The Bertz CT molecular complexity index is 607. The Balaban J connectivity index is 2.42. The number of carboxylic acids is 1. The largest absolute Gasteiger partial charge is 0.481 e. The van der Waals surface area contributed by atoms with Crippen molar-refractivity contribution >= 4 is 5.97 Å². The maximum Gasteiger partial charge on any atom is 0.306 e. The summed E-state index contributed by atoms with van der Waals surface area (Å²) in [6, 6.07) is 6.42. The maximum absolute atomic E-state index is 13.8. The van der Waals surface area contributed by atoms with Crippen LogP contribution in [0.25, 0.3) is 11.1 Å². The van der Waals surface area contributed by atoms with Crippen molar-refractivity contribution in [1.29, 1.82) is 0 Å². The maximum atomic E-state index is 13.8. The first-order valence-electron chi connectivity index (χ1n) is 5.99. The molecule has 0 saturated carbocycles. The molecule has 1 heterocycles. The first-order chi connectivity index (χ1) is 8.99. The van der Waals surface area contributed by atoms with E-state index in [1.54, 1.807) is 43.0 Å². The van der Waals surface area contributed by atoms with Crippen molar-refractivity contribution < 1.29 is 14.3 Å². The van der Waals surface area contributed by atoms with Crippen molar-refractivity contribution in [3.8, 4) is 11.1 Å². The minimum atomic E-state index is -0.884. The third-order valence-corrected chi connectivity index (χ3v) is 2.99. The predicted octanol–water partition coefficient (Wildman–Crippen LogP) is 2.49. The minimum absolute atomic E-state index is 0.278. The molecule has 100 valence electrons. The van der Waals surface area contributed by atoms with Crippen molar-refractivity contribution in [2.75, 3.05) is 0 Å². The Morgan fingerprint density at radius 3 is 2.74 bits per heavy atom. The summed E-state index contributed by atoms with van der Waals surface area (Å²) >= 11 is 0. The molecular weight excluding hydrogens is 247 g/mol. The van der Waals surface area contributed by atoms with E-state index in [0.717, 1.165) is 0 Å². The van der Waals surface area contributed by atoms with Crippen LogP contribution in [0.3, 0.4) is 0 Å². The molecule has 19 heavy (non-hydrogen) atoms. The van der Waals surface area contributed by atoms with Gasteiger partial charge < -0.3 is 5.11 Å². The smallest absolute Gasteiger partial charge is 0.306 e. The van der Waals surface area contributed by atoms with E-state index < -0.39 is 11.9 Å². The van der Waals surface area contributed by atoms with Gasteiger partial charge >= 0.3 is 5.97 Å². The quantitative estimate of drug-likeness (QED) is 0.921. The van der Waals surface area contributed by atoms with E-state index in [2.05, 4.69) is 5.10 Å². The molecule has 1 unspecified atom stereocenters. The first kappa shape index (κ1) is 13.3. The van der Waals surface area contributed by atoms with Gasteiger partial charge in [0.15, 0.2) is 0 Å². The predicted molar refractivity (Wildman–Crippen MR) is 69.1 cm³/mol. The highest BCUT2D eigenvalue weighted by atomic mass is 19.1. The number of hydrogen-bond donors (Lipinski definition) is 1. The molecule has 0 aliphatic heterocycles. The lowest BCUT2D eigenvalue weighted by Gasteiger charge is -2.06. The molecule has 2 rings (SSSR count). The van der Waals surface area contributed by atoms with E-state index in [9.17, 15) is 9.18 Å². The lowest BCUT2D eigenvalue weighted by atomic mass is 9.99. The van der Waals surface area contributed by atoms with Crippen molar-refractivity contribution in [3.63, 3.8) is 0 Å². The van der Waals surface area contributed by atoms with E-state index in [1.165, 1.54) is 6.07 Å². The average Bonchev–Trinajstić information content (AvgIpc) is 2.70. The van der Waals surface area contributed by atoms with Gasteiger partial charge in [-0.2, -0.15) is 5.10 Å². The van der Waals surface area contributed by atoms with Gasteiger partial charge in [0.05, 0.1) is 11.6 Å². The van der Waals surface area contributed by atoms with Crippen molar-refractivity contribution in [3.05, 3.63) is 42.0 Å². The van der Waals surface area contributed by atoms with Gasteiger partial charge in [0.1, 0.15) is 5.82 Å². The van der Waals surface area contributed by atoms with Crippen LogP contribution in [0.1, 0.15) is 12.6 Å². The molecule has 2 aromatic rings. The number of aromatic nitrogens is 2. The summed E-state index contributed by atoms with van der Waals surface area (Å²) in [7, 11) is 1.74. The van der Waals surface area contributed by atoms with E-state index in [4.69, 9.17) is 5.11 Å². The van der Waals surface area contributed by atoms with Crippen molar-refractivity contribution in [2.24, 2.45) is 13.0 Å². The van der Waals surface area contributed by atoms with Gasteiger partial charge in [-0.1, -0.05) is 25.1 Å². The highest BCUT2D eigenvalue weighted by Gasteiger charge is 2.19. The van der Waals surface area contributed by atoms with Crippen molar-refractivity contribution in [1.82, 2.24) is 9.78 Å². The second kappa shape index (κ2) is 5.22. The summed E-state index contributed by atoms with van der Waals surface area (Å²) in [5.41, 5.74) is 1.69. The monoisotopic (exact) mass is 262 g/mol. The lowest BCUT2D eigenvalue weighted by Crippen LogP contribution is -2.13. The molecule has 1 N–H and O–H groups in total. The number of aryl methyl sites for hydroxylation is 1. The molecule has 0 fully saturated rings. The summed E-state index contributed by atoms with van der Waals surface area (Å²) in [4.78, 5) is 10.9. The lowest BCUT2D eigenvalue weighted by molar-refractivity contribution is -0.141. The fourth-order valence-corrected chi connectivity index (χ4v) is 1.97. The number of rotatable bonds is 4. The Hall–Kier alpha value is -2.17. The number of carbonyl (C=O) groups is 1. The SMILES string of the molecule is CC(Cc1nn(C)cc1-c1ccccc1F)C(=O)O. The highest BCUT2D eigenvalue weighted by molar-refractivity contribution is 5.71. The third kappa shape index (κ3) is 2.81. The van der Waals surface area contributed by atoms with E-state index in [0.29, 0.717) is 16.8 Å². The standard InChI is InChI=1S/C14H15FN2O2/c1-9(14(18)19)7-13-11(8-17(2)16-13)10-5-3-4-6-12(10)15/h3-6,8-9H,7H2,1-2H3,(H,18,19). The van der Waals surface area contributed by atoms with Crippen LogP contribution < -0.4 is 0 Å². The highest BCUT2D eigenvalue weighted by Crippen LogP contribution is 2.27. The number of carboxylic acid groups (broad SMARTS) is 1. The average molecular weight is 262 g/mol. The molecular formula is C14H15FN2O2. The molecule has 4 nitrogen and oxygen atoms in total. The summed E-state index contributed by atoms with van der Waals surface area (Å²) in [5.74, 6) is -1.77. The number of benzene rings is 1. The van der Waals surface area contributed by atoms with Gasteiger partial charge in [0, 0.05) is 30.8 Å². The van der Waals surface area contributed by atoms with Gasteiger partial charge in [0.2, 0.25) is 0 Å². The summed E-state index contributed by atoms with van der Waals surface area (Å²) < 4.78 is 15.4. The van der Waals surface area contributed by atoms with Crippen LogP contribution >= 0.6 is 0 Å². The summed E-state index contributed by atoms with van der Waals surface area (Å²) in [6.45, 7) is 1.61. The topological polar surface area (TPSA) is 55.1 Å². The zero-order chi connectivity index (χ0) is 14.0. The van der Waals surface area contributed by atoms with Gasteiger partial charge in [-0.3, -0.25) is 9.48 Å². The Labute approximate surface area is 110 Å². The fraction of sp³-hybridized carbons (Fsp3) is 0.286. The van der Waals surface area contributed by atoms with Crippen LogP contribution in [-0.2, 0) is 18.3 Å². The molecule has 0 aliphatic carbocycles. The molecule has 1 atom stereocenters. The van der Waals surface area contributed by atoms with Crippen LogP contribution in [0.4, 0.5) is 4.39 Å². The van der Waals surface area contributed by atoms with E-state index >= 15 is 0 Å². The number of hydrogen-bond acceptors (Lipinski definition) is 2. The number of nitrogens with zero attached hydrogens (tertiary/aromatic N) is 2. The number of halogens is 1. The second-order valence-electron chi connectivity index (χ2n) is 4.59. The Kier molecular flexibility index (Phi) is 3.64. The molecule has 0 aliphatic rings. The van der Waals surface area contributed by atoms with Gasteiger partial charge in [-0.05, 0) is 6.07 Å². The molecule has 1 aromatic carbocycles. The van der Waals surface area contributed by atoms with Crippen LogP contribution in [0.2, 0.25) is 0 Å². The van der Waals surface area contributed by atoms with Crippen molar-refractivity contribution in [2.45, 2.75) is 13.3 Å². The van der Waals surface area contributed by atoms with Crippen LogP contribution in [0.15, 0.2) is 30.5 Å². The van der Waals surface area contributed by atoms with Crippen LogP contribution in [0.5, 0.6) is 0 Å². The molecule has 1 aromatic heterocycles. The zero-order valence-corrected chi connectivity index (χ0v) is 10.8. The Morgan fingerprint density at radius 1 is 1.42 bits per heavy atom. The van der Waals surface area contributed by atoms with Crippen LogP contribution in [-0.4, -0.2) is 20.9 Å². The molecule has 0 spiro atoms. The van der Waals surface area contributed by atoms with E-state index in [-0.39, 0.29) is 12.2 Å². The third-order valence-electron chi connectivity index (χ3n) is 2.99. The van der Waals surface area contributed by atoms with Gasteiger partial charge in [-0.25, -0.2) is 4.39 Å². The Morgan fingerprint density at radius 2 is 2.11 bits per heavy atom. The summed E-state index contributed by atoms with van der Waals surface area (Å²) in [5, 5.41) is 13.2. The normalized spacial score (nSPS) is 12.4. The zero-order valence-electron chi connectivity index (χ0n) is 10.8. The molecule has 0 amide bonds. The second-order valence-corrected chi connectivity index (χ2v) is 4.59. The molecule has 0 radical (unpaired) electrons. The van der Waals surface area contributed by atoms with Gasteiger partial charge in [0.25, 0.3) is 0 Å². The van der Waals surface area contributed by atoms with Crippen LogP contribution in [0, 0.1) is 11.7 Å². The molecule has 0 saturated heterocycles. The summed E-state index contributed by atoms with van der Waals surface area (Å²) in [6.07, 6.45) is 1.99. The molecule has 0 bridgehead atoms. The minimum Gasteiger partial charge on any atom is -0.481 e. The van der Waals surface area contributed by atoms with Gasteiger partial charge in [-0.15, -0.1) is 0 Å². The fourth-order valence-electron chi connectivity index (χ4n) is 1.97. The first-order valence-corrected chi connectivity index (χ1v) is 5.99. The van der Waals surface area contributed by atoms with E-state index in [1.807, 2.05) is 0 Å². The number of aliphatic carboxylic acids is 1. The molecule has 5 heteroatoms.